The van der Waals surface area contributed by atoms with Gasteiger partial charge in [-0.15, -0.1) is 0 Å². The Balaban J connectivity index is 1.54. The standard InChI is InChI=1S/C20H16N4OS/c1-2-12-5-7-17-15(10-12)20(19(25)22-17)24-23-18(26-20)14-6-8-16-13(11-14)4-3-9-21-16/h3-11,24H,2H2,1H3,(H,22,25). The van der Waals surface area contributed by atoms with Crippen LogP contribution in [0.3, 0.4) is 0 Å². The molecular formula is C20H16N4OS. The molecular weight excluding hydrogens is 344 g/mol. The van der Waals surface area contributed by atoms with E-state index in [0.29, 0.717) is 0 Å². The second-order valence-corrected chi connectivity index (χ2v) is 7.61. The first-order valence-corrected chi connectivity index (χ1v) is 9.35. The lowest BCUT2D eigenvalue weighted by Gasteiger charge is -2.20. The van der Waals surface area contributed by atoms with E-state index >= 15 is 0 Å². The number of amides is 1. The highest BCUT2D eigenvalue weighted by Gasteiger charge is 2.52. The Morgan fingerprint density at radius 3 is 2.96 bits per heavy atom. The molecule has 128 valence electrons. The van der Waals surface area contributed by atoms with Crippen molar-refractivity contribution in [3.05, 3.63) is 71.4 Å². The van der Waals surface area contributed by atoms with E-state index in [1.54, 1.807) is 6.20 Å². The fourth-order valence-electron chi connectivity index (χ4n) is 3.41. The maximum Gasteiger partial charge on any atom is 0.267 e. The van der Waals surface area contributed by atoms with Crippen LogP contribution in [-0.4, -0.2) is 15.9 Å². The summed E-state index contributed by atoms with van der Waals surface area (Å²) < 4.78 is 0. The molecule has 0 radical (unpaired) electrons. The summed E-state index contributed by atoms with van der Waals surface area (Å²) >= 11 is 1.46. The smallest absolute Gasteiger partial charge is 0.267 e. The zero-order chi connectivity index (χ0) is 17.7. The SMILES string of the molecule is CCc1ccc2c(c1)C1(NN=C(c3ccc4ncccc4c3)S1)C(=O)N2. The van der Waals surface area contributed by atoms with Gasteiger partial charge < -0.3 is 5.32 Å². The minimum absolute atomic E-state index is 0.0769. The molecule has 26 heavy (non-hydrogen) atoms. The molecule has 0 saturated heterocycles. The number of pyridine rings is 1. The van der Waals surface area contributed by atoms with Crippen molar-refractivity contribution in [3.63, 3.8) is 0 Å². The van der Waals surface area contributed by atoms with Gasteiger partial charge in [0.05, 0.1) is 5.52 Å². The summed E-state index contributed by atoms with van der Waals surface area (Å²) in [4.78, 5) is 16.2. The highest BCUT2D eigenvalue weighted by Crippen LogP contribution is 2.48. The molecule has 6 heteroatoms. The van der Waals surface area contributed by atoms with Crippen LogP contribution < -0.4 is 10.7 Å². The van der Waals surface area contributed by atoms with Crippen molar-refractivity contribution < 1.29 is 4.79 Å². The summed E-state index contributed by atoms with van der Waals surface area (Å²) in [6.07, 6.45) is 2.71. The minimum atomic E-state index is -0.889. The van der Waals surface area contributed by atoms with Crippen molar-refractivity contribution >= 4 is 39.3 Å². The van der Waals surface area contributed by atoms with Crippen LogP contribution in [0.15, 0.2) is 59.8 Å². The Morgan fingerprint density at radius 2 is 2.08 bits per heavy atom. The van der Waals surface area contributed by atoms with E-state index in [1.807, 2.05) is 30.3 Å². The van der Waals surface area contributed by atoms with E-state index in [0.717, 1.165) is 39.2 Å². The topological polar surface area (TPSA) is 66.4 Å². The van der Waals surface area contributed by atoms with Crippen LogP contribution in [0.2, 0.25) is 0 Å². The Hall–Kier alpha value is -2.86. The van der Waals surface area contributed by atoms with Crippen molar-refractivity contribution in [1.29, 1.82) is 0 Å². The molecule has 2 aliphatic heterocycles. The number of benzene rings is 2. The number of anilines is 1. The van der Waals surface area contributed by atoms with Gasteiger partial charge in [0.2, 0.25) is 4.87 Å². The average Bonchev–Trinajstić information content (AvgIpc) is 3.24. The van der Waals surface area contributed by atoms with Gasteiger partial charge in [0.1, 0.15) is 5.04 Å². The van der Waals surface area contributed by atoms with E-state index in [-0.39, 0.29) is 5.91 Å². The average molecular weight is 360 g/mol. The van der Waals surface area contributed by atoms with Gasteiger partial charge in [-0.2, -0.15) is 5.10 Å². The lowest BCUT2D eigenvalue weighted by Crippen LogP contribution is -2.39. The van der Waals surface area contributed by atoms with Gasteiger partial charge in [0, 0.05) is 28.4 Å². The molecule has 1 spiro atoms. The van der Waals surface area contributed by atoms with Gasteiger partial charge in [-0.3, -0.25) is 15.2 Å². The van der Waals surface area contributed by atoms with Crippen molar-refractivity contribution in [2.24, 2.45) is 5.10 Å². The summed E-state index contributed by atoms with van der Waals surface area (Å²) in [5.41, 5.74) is 8.04. The first-order valence-electron chi connectivity index (χ1n) is 8.53. The number of carbonyl (C=O) groups is 1. The monoisotopic (exact) mass is 360 g/mol. The summed E-state index contributed by atoms with van der Waals surface area (Å²) in [6, 6.07) is 16.1. The van der Waals surface area contributed by atoms with Gasteiger partial charge in [-0.05, 0) is 42.3 Å². The number of rotatable bonds is 2. The minimum Gasteiger partial charge on any atom is -0.323 e. The van der Waals surface area contributed by atoms with Crippen LogP contribution in [0.4, 0.5) is 5.69 Å². The van der Waals surface area contributed by atoms with Gasteiger partial charge in [-0.25, -0.2) is 0 Å². The first kappa shape index (κ1) is 15.4. The Labute approximate surface area is 154 Å². The highest BCUT2D eigenvalue weighted by molar-refractivity contribution is 8.16. The normalized spacial score (nSPS) is 20.8. The van der Waals surface area contributed by atoms with Crippen LogP contribution >= 0.6 is 11.8 Å². The quantitative estimate of drug-likeness (QED) is 0.733. The molecule has 0 fully saturated rings. The molecule has 2 aliphatic rings. The molecule has 0 saturated carbocycles. The Kier molecular flexibility index (Phi) is 3.30. The van der Waals surface area contributed by atoms with Crippen molar-refractivity contribution in [2.45, 2.75) is 18.2 Å². The van der Waals surface area contributed by atoms with E-state index in [9.17, 15) is 4.79 Å². The molecule has 1 amide bonds. The number of aryl methyl sites for hydroxylation is 1. The summed E-state index contributed by atoms with van der Waals surface area (Å²) in [5, 5.41) is 9.34. The van der Waals surface area contributed by atoms with Crippen LogP contribution in [0, 0.1) is 0 Å². The second kappa shape index (κ2) is 5.57. The second-order valence-electron chi connectivity index (χ2n) is 6.41. The summed E-state index contributed by atoms with van der Waals surface area (Å²) in [5.74, 6) is -0.0769. The van der Waals surface area contributed by atoms with Crippen molar-refractivity contribution in [3.8, 4) is 0 Å². The van der Waals surface area contributed by atoms with Crippen LogP contribution in [0.1, 0.15) is 23.6 Å². The third kappa shape index (κ3) is 2.15. The van der Waals surface area contributed by atoms with E-state index < -0.39 is 4.87 Å². The maximum absolute atomic E-state index is 12.8. The zero-order valence-corrected chi connectivity index (χ0v) is 14.9. The van der Waals surface area contributed by atoms with Crippen LogP contribution in [0.5, 0.6) is 0 Å². The number of nitrogens with zero attached hydrogens (tertiary/aromatic N) is 2. The predicted molar refractivity (Wildman–Crippen MR) is 105 cm³/mol. The molecule has 0 bridgehead atoms. The number of fused-ring (bicyclic) bond motifs is 3. The lowest BCUT2D eigenvalue weighted by atomic mass is 10.0. The number of aromatic nitrogens is 1. The Bertz CT molecular complexity index is 1090. The number of carbonyl (C=O) groups excluding carboxylic acids is 1. The molecule has 1 atom stereocenters. The molecule has 5 rings (SSSR count). The van der Waals surface area contributed by atoms with E-state index in [2.05, 4.69) is 46.0 Å². The van der Waals surface area contributed by atoms with Crippen molar-refractivity contribution in [2.75, 3.05) is 5.32 Å². The molecule has 1 unspecified atom stereocenters. The Morgan fingerprint density at radius 1 is 1.15 bits per heavy atom. The molecule has 2 N–H and O–H groups in total. The summed E-state index contributed by atoms with van der Waals surface area (Å²) in [6.45, 7) is 2.11. The molecule has 1 aromatic heterocycles. The predicted octanol–water partition coefficient (Wildman–Crippen LogP) is 3.60. The van der Waals surface area contributed by atoms with Gasteiger partial charge >= 0.3 is 0 Å². The number of hydrazone groups is 1. The fourth-order valence-corrected chi connectivity index (χ4v) is 4.55. The number of hydrogen-bond donors (Lipinski definition) is 2. The van der Waals surface area contributed by atoms with Gasteiger partial charge in [0.25, 0.3) is 5.91 Å². The number of hydrogen-bond acceptors (Lipinski definition) is 5. The highest BCUT2D eigenvalue weighted by atomic mass is 32.2. The molecule has 3 aromatic rings. The number of nitrogens with one attached hydrogen (secondary N) is 2. The molecule has 3 heterocycles. The molecule has 5 nitrogen and oxygen atoms in total. The largest absolute Gasteiger partial charge is 0.323 e. The maximum atomic E-state index is 12.8. The first-order chi connectivity index (χ1) is 12.7. The third-order valence-corrected chi connectivity index (χ3v) is 6.18. The lowest BCUT2D eigenvalue weighted by molar-refractivity contribution is -0.118. The zero-order valence-electron chi connectivity index (χ0n) is 14.1. The van der Waals surface area contributed by atoms with Gasteiger partial charge in [-0.1, -0.05) is 36.9 Å². The van der Waals surface area contributed by atoms with Crippen LogP contribution in [0.25, 0.3) is 10.9 Å². The van der Waals surface area contributed by atoms with E-state index in [1.165, 1.54) is 17.3 Å². The fraction of sp³-hybridized carbons (Fsp3) is 0.150. The van der Waals surface area contributed by atoms with Crippen molar-refractivity contribution in [1.82, 2.24) is 10.4 Å². The van der Waals surface area contributed by atoms with E-state index in [4.69, 9.17) is 0 Å². The molecule has 2 aromatic carbocycles. The molecule has 0 aliphatic carbocycles. The number of thioether (sulfide) groups is 1. The summed E-state index contributed by atoms with van der Waals surface area (Å²) in [7, 11) is 0. The van der Waals surface area contributed by atoms with Crippen LogP contribution in [-0.2, 0) is 16.1 Å². The van der Waals surface area contributed by atoms with Gasteiger partial charge in [0.15, 0.2) is 0 Å². The third-order valence-electron chi connectivity index (χ3n) is 4.85.